The van der Waals surface area contributed by atoms with E-state index in [0.29, 0.717) is 11.3 Å². The zero-order chi connectivity index (χ0) is 13.3. The third-order valence-corrected chi connectivity index (χ3v) is 2.93. The average molecular weight is 245 g/mol. The molecule has 1 aromatic carbocycles. The summed E-state index contributed by atoms with van der Waals surface area (Å²) in [6.07, 6.45) is 0.166. The van der Waals surface area contributed by atoms with Crippen LogP contribution in [0, 0.1) is 0 Å². The van der Waals surface area contributed by atoms with Gasteiger partial charge >= 0.3 is 0 Å². The van der Waals surface area contributed by atoms with Gasteiger partial charge in [-0.05, 0) is 19.1 Å². The van der Waals surface area contributed by atoms with Gasteiger partial charge in [-0.1, -0.05) is 12.1 Å². The minimum Gasteiger partial charge on any atom is -0.495 e. The van der Waals surface area contributed by atoms with E-state index in [1.165, 1.54) is 11.5 Å². The lowest BCUT2D eigenvalue weighted by atomic mass is 10.1. The molecule has 0 bridgehead atoms. The highest BCUT2D eigenvalue weighted by atomic mass is 16.5. The first-order valence-electron chi connectivity index (χ1n) is 5.69. The van der Waals surface area contributed by atoms with Gasteiger partial charge in [0.25, 0.3) is 5.56 Å². The Morgan fingerprint density at radius 3 is 2.72 bits per heavy atom. The summed E-state index contributed by atoms with van der Waals surface area (Å²) < 4.78 is 6.79. The fourth-order valence-electron chi connectivity index (χ4n) is 2.14. The minimum absolute atomic E-state index is 0.0191. The molecular formula is C14H15NO3. The summed E-state index contributed by atoms with van der Waals surface area (Å²) >= 11 is 0. The lowest BCUT2D eigenvalue weighted by molar-refractivity contribution is -0.116. The van der Waals surface area contributed by atoms with Gasteiger partial charge in [0.1, 0.15) is 11.5 Å². The van der Waals surface area contributed by atoms with Crippen LogP contribution >= 0.6 is 0 Å². The summed E-state index contributed by atoms with van der Waals surface area (Å²) in [6, 6.07) is 7.35. The van der Waals surface area contributed by atoms with E-state index in [2.05, 4.69) is 0 Å². The largest absolute Gasteiger partial charge is 0.495 e. The van der Waals surface area contributed by atoms with Crippen LogP contribution in [0.5, 0.6) is 5.75 Å². The van der Waals surface area contributed by atoms with Crippen molar-refractivity contribution in [2.75, 3.05) is 7.11 Å². The summed E-state index contributed by atoms with van der Waals surface area (Å²) in [7, 11) is 3.26. The maximum atomic E-state index is 12.1. The first-order valence-corrected chi connectivity index (χ1v) is 5.69. The van der Waals surface area contributed by atoms with Crippen LogP contribution in [-0.2, 0) is 18.3 Å². The number of Topliss-reactive ketones (excluding diaryl/α,β-unsaturated/α-hetero) is 1. The highest BCUT2D eigenvalue weighted by Gasteiger charge is 2.11. The van der Waals surface area contributed by atoms with E-state index >= 15 is 0 Å². The molecular weight excluding hydrogens is 230 g/mol. The molecule has 1 aromatic heterocycles. The monoisotopic (exact) mass is 245 g/mol. The molecule has 0 aliphatic carbocycles. The van der Waals surface area contributed by atoms with Crippen LogP contribution in [0.3, 0.4) is 0 Å². The molecule has 0 atom stereocenters. The number of aromatic nitrogens is 1. The number of pyridine rings is 1. The van der Waals surface area contributed by atoms with E-state index < -0.39 is 0 Å². The van der Waals surface area contributed by atoms with E-state index in [0.717, 1.165) is 10.9 Å². The quantitative estimate of drug-likeness (QED) is 0.826. The Hall–Kier alpha value is -2.10. The van der Waals surface area contributed by atoms with E-state index in [1.54, 1.807) is 20.2 Å². The molecule has 0 aliphatic heterocycles. The van der Waals surface area contributed by atoms with Crippen LogP contribution in [0.15, 0.2) is 29.1 Å². The number of ether oxygens (including phenoxy) is 1. The third-order valence-electron chi connectivity index (χ3n) is 2.93. The van der Waals surface area contributed by atoms with E-state index in [-0.39, 0.29) is 17.8 Å². The van der Waals surface area contributed by atoms with Crippen molar-refractivity contribution >= 4 is 16.7 Å². The third kappa shape index (κ3) is 2.01. The number of rotatable bonds is 3. The van der Waals surface area contributed by atoms with Gasteiger partial charge in [-0.3, -0.25) is 9.59 Å². The Balaban J connectivity index is 2.79. The van der Waals surface area contributed by atoms with Crippen LogP contribution in [0.4, 0.5) is 0 Å². The van der Waals surface area contributed by atoms with Crippen LogP contribution in [0.1, 0.15) is 12.5 Å². The summed E-state index contributed by atoms with van der Waals surface area (Å²) in [5, 5.41) is 0.896. The molecule has 4 heteroatoms. The number of fused-ring (bicyclic) bond motifs is 1. The minimum atomic E-state index is -0.151. The zero-order valence-corrected chi connectivity index (χ0v) is 10.7. The maximum absolute atomic E-state index is 12.1. The van der Waals surface area contributed by atoms with E-state index in [4.69, 9.17) is 4.74 Å². The van der Waals surface area contributed by atoms with Gasteiger partial charge in [-0.15, -0.1) is 0 Å². The second-order valence-electron chi connectivity index (χ2n) is 4.31. The van der Waals surface area contributed by atoms with Crippen molar-refractivity contribution in [2.24, 2.45) is 7.05 Å². The molecule has 4 nitrogen and oxygen atoms in total. The first-order chi connectivity index (χ1) is 8.54. The Morgan fingerprint density at radius 1 is 1.39 bits per heavy atom. The van der Waals surface area contributed by atoms with E-state index in [9.17, 15) is 9.59 Å². The number of benzene rings is 1. The van der Waals surface area contributed by atoms with E-state index in [1.807, 2.05) is 18.2 Å². The molecule has 1 heterocycles. The molecule has 0 spiro atoms. The Kier molecular flexibility index (Phi) is 3.19. The van der Waals surface area contributed by atoms with Crippen LogP contribution < -0.4 is 10.3 Å². The average Bonchev–Trinajstić information content (AvgIpc) is 2.34. The molecule has 2 aromatic rings. The molecule has 0 amide bonds. The number of ketones is 1. The molecule has 94 valence electrons. The first kappa shape index (κ1) is 12.4. The summed E-state index contributed by atoms with van der Waals surface area (Å²) in [5.41, 5.74) is 1.12. The highest BCUT2D eigenvalue weighted by Crippen LogP contribution is 2.24. The molecule has 0 unspecified atom stereocenters. The Morgan fingerprint density at radius 2 is 2.11 bits per heavy atom. The van der Waals surface area contributed by atoms with Gasteiger partial charge in [0, 0.05) is 24.4 Å². The molecule has 0 aliphatic rings. The van der Waals surface area contributed by atoms with Crippen molar-refractivity contribution < 1.29 is 9.53 Å². The number of aryl methyl sites for hydroxylation is 1. The topological polar surface area (TPSA) is 48.3 Å². The van der Waals surface area contributed by atoms with Crippen LogP contribution in [-0.4, -0.2) is 17.5 Å². The van der Waals surface area contributed by atoms with Crippen LogP contribution in [0.2, 0.25) is 0 Å². The molecule has 2 rings (SSSR count). The van der Waals surface area contributed by atoms with Crippen molar-refractivity contribution in [3.05, 3.63) is 40.2 Å². The normalized spacial score (nSPS) is 10.6. The second-order valence-corrected chi connectivity index (χ2v) is 4.31. The van der Waals surface area contributed by atoms with Gasteiger partial charge in [0.15, 0.2) is 0 Å². The van der Waals surface area contributed by atoms with Gasteiger partial charge < -0.3 is 9.30 Å². The molecule has 0 saturated heterocycles. The molecule has 0 radical (unpaired) electrons. The highest BCUT2D eigenvalue weighted by molar-refractivity contribution is 5.87. The van der Waals surface area contributed by atoms with Crippen molar-refractivity contribution in [2.45, 2.75) is 13.3 Å². The molecule has 18 heavy (non-hydrogen) atoms. The van der Waals surface area contributed by atoms with Crippen LogP contribution in [0.25, 0.3) is 10.9 Å². The number of para-hydroxylation sites is 1. The number of hydrogen-bond acceptors (Lipinski definition) is 3. The zero-order valence-electron chi connectivity index (χ0n) is 10.7. The number of carbonyl (C=O) groups excluding carboxylic acids is 1. The fraction of sp³-hybridized carbons (Fsp3) is 0.286. The predicted octanol–water partition coefficient (Wildman–Crippen LogP) is 1.68. The summed E-state index contributed by atoms with van der Waals surface area (Å²) in [6.45, 7) is 1.48. The smallest absolute Gasteiger partial charge is 0.254 e. The van der Waals surface area contributed by atoms with Crippen molar-refractivity contribution in [1.29, 1.82) is 0 Å². The maximum Gasteiger partial charge on any atom is 0.254 e. The van der Waals surface area contributed by atoms with Gasteiger partial charge in [0.2, 0.25) is 0 Å². The second kappa shape index (κ2) is 4.64. The van der Waals surface area contributed by atoms with Crippen molar-refractivity contribution in [3.8, 4) is 5.75 Å². The number of methoxy groups -OCH3 is 1. The standard InChI is InChI=1S/C14H15NO3/c1-9(16)7-11-8-10-5-4-6-12(18-3)13(10)15(2)14(11)17/h4-6,8H,7H2,1-3H3. The summed E-state index contributed by atoms with van der Waals surface area (Å²) in [4.78, 5) is 23.3. The SMILES string of the molecule is COc1cccc2cc(CC(C)=O)c(=O)n(C)c12. The molecule has 0 N–H and O–H groups in total. The Bertz CT molecular complexity index is 671. The number of hydrogen-bond donors (Lipinski definition) is 0. The lowest BCUT2D eigenvalue weighted by Crippen LogP contribution is -2.23. The van der Waals surface area contributed by atoms with Gasteiger partial charge in [-0.2, -0.15) is 0 Å². The number of carbonyl (C=O) groups is 1. The van der Waals surface area contributed by atoms with Gasteiger partial charge in [0.05, 0.1) is 12.6 Å². The fourth-order valence-corrected chi connectivity index (χ4v) is 2.14. The summed E-state index contributed by atoms with van der Waals surface area (Å²) in [5.74, 6) is 0.635. The molecule has 0 fully saturated rings. The molecule has 0 saturated carbocycles. The van der Waals surface area contributed by atoms with Crippen molar-refractivity contribution in [1.82, 2.24) is 4.57 Å². The number of nitrogens with zero attached hydrogens (tertiary/aromatic N) is 1. The predicted molar refractivity (Wildman–Crippen MR) is 70.1 cm³/mol. The van der Waals surface area contributed by atoms with Crippen molar-refractivity contribution in [3.63, 3.8) is 0 Å². The Labute approximate surface area is 105 Å². The lowest BCUT2D eigenvalue weighted by Gasteiger charge is -2.11. The van der Waals surface area contributed by atoms with Gasteiger partial charge in [-0.25, -0.2) is 0 Å².